The molecule has 0 fully saturated rings. The normalized spacial score (nSPS) is 10.8. The van der Waals surface area contributed by atoms with Gasteiger partial charge in [0.15, 0.2) is 0 Å². The van der Waals surface area contributed by atoms with Gasteiger partial charge >= 0.3 is 0 Å². The lowest BCUT2D eigenvalue weighted by Gasteiger charge is -2.18. The zero-order chi connectivity index (χ0) is 13.4. The Morgan fingerprint density at radius 2 is 1.83 bits per heavy atom. The number of hydrogen-bond acceptors (Lipinski definition) is 2. The van der Waals surface area contributed by atoms with E-state index in [-0.39, 0.29) is 5.91 Å². The summed E-state index contributed by atoms with van der Waals surface area (Å²) in [6.07, 6.45) is 3.93. The van der Waals surface area contributed by atoms with Crippen LogP contribution in [0.5, 0.6) is 0 Å². The summed E-state index contributed by atoms with van der Waals surface area (Å²) in [5, 5.41) is 0. The van der Waals surface area contributed by atoms with Crippen LogP contribution in [0.1, 0.15) is 29.8 Å². The van der Waals surface area contributed by atoms with E-state index in [9.17, 15) is 4.79 Å². The number of carbonyl (C=O) groups excluding carboxylic acids is 1. The third-order valence-corrected chi connectivity index (χ3v) is 2.78. The quantitative estimate of drug-likeness (QED) is 0.773. The number of amides is 1. The highest BCUT2D eigenvalue weighted by molar-refractivity contribution is 5.94. The zero-order valence-electron chi connectivity index (χ0n) is 11.3. The Hall–Kier alpha value is -1.61. The summed E-state index contributed by atoms with van der Waals surface area (Å²) < 4.78 is 4.94. The number of methoxy groups -OCH3 is 1. The van der Waals surface area contributed by atoms with Crippen molar-refractivity contribution in [2.45, 2.75) is 13.8 Å². The van der Waals surface area contributed by atoms with E-state index in [1.54, 1.807) is 7.11 Å². The third-order valence-electron chi connectivity index (χ3n) is 2.78. The van der Waals surface area contributed by atoms with Crippen LogP contribution in [0.2, 0.25) is 0 Å². The fraction of sp³-hybridized carbons (Fsp3) is 0.400. The Balaban J connectivity index is 2.73. The Bertz CT molecular complexity index is 391. The number of rotatable bonds is 6. The van der Waals surface area contributed by atoms with Crippen LogP contribution in [-0.2, 0) is 4.74 Å². The molecule has 1 aromatic rings. The standard InChI is InChI=1S/C15H21NO2/c1-4-16(5-2)15(17)14-10-8-13(9-11-14)7-6-12-18-3/h6-11H,4-5,12H2,1-3H3/b7-6+. The summed E-state index contributed by atoms with van der Waals surface area (Å²) in [5.74, 6) is 0.0902. The molecule has 0 aliphatic rings. The predicted molar refractivity (Wildman–Crippen MR) is 74.6 cm³/mol. The zero-order valence-corrected chi connectivity index (χ0v) is 11.3. The number of nitrogens with zero attached hydrogens (tertiary/aromatic N) is 1. The molecular formula is C15H21NO2. The second kappa shape index (κ2) is 7.67. The molecular weight excluding hydrogens is 226 g/mol. The van der Waals surface area contributed by atoms with E-state index in [1.165, 1.54) is 0 Å². The van der Waals surface area contributed by atoms with Crippen LogP contribution < -0.4 is 0 Å². The van der Waals surface area contributed by atoms with Crippen molar-refractivity contribution in [2.24, 2.45) is 0 Å². The van der Waals surface area contributed by atoms with E-state index < -0.39 is 0 Å². The van der Waals surface area contributed by atoms with E-state index in [4.69, 9.17) is 4.74 Å². The first kappa shape index (κ1) is 14.5. The summed E-state index contributed by atoms with van der Waals surface area (Å²) in [6, 6.07) is 7.63. The fourth-order valence-corrected chi connectivity index (χ4v) is 1.71. The molecule has 0 spiro atoms. The molecule has 0 aromatic heterocycles. The molecule has 1 amide bonds. The highest BCUT2D eigenvalue weighted by atomic mass is 16.5. The minimum atomic E-state index is 0.0902. The lowest BCUT2D eigenvalue weighted by molar-refractivity contribution is 0.0773. The van der Waals surface area contributed by atoms with Gasteiger partial charge < -0.3 is 9.64 Å². The monoisotopic (exact) mass is 247 g/mol. The molecule has 0 radical (unpaired) electrons. The van der Waals surface area contributed by atoms with E-state index >= 15 is 0 Å². The predicted octanol–water partition coefficient (Wildman–Crippen LogP) is 2.83. The number of carbonyl (C=O) groups is 1. The van der Waals surface area contributed by atoms with Crippen LogP contribution in [0, 0.1) is 0 Å². The number of hydrogen-bond donors (Lipinski definition) is 0. The van der Waals surface area contributed by atoms with Crippen LogP contribution >= 0.6 is 0 Å². The average molecular weight is 247 g/mol. The van der Waals surface area contributed by atoms with Crippen molar-refractivity contribution in [3.8, 4) is 0 Å². The Morgan fingerprint density at radius 3 is 2.33 bits per heavy atom. The molecule has 0 aliphatic carbocycles. The summed E-state index contributed by atoms with van der Waals surface area (Å²) >= 11 is 0. The summed E-state index contributed by atoms with van der Waals surface area (Å²) in [6.45, 7) is 6.06. The molecule has 0 bridgehead atoms. The summed E-state index contributed by atoms with van der Waals surface area (Å²) in [5.41, 5.74) is 1.81. The minimum absolute atomic E-state index is 0.0902. The number of benzene rings is 1. The first-order chi connectivity index (χ1) is 8.72. The van der Waals surface area contributed by atoms with Gasteiger partial charge in [0.05, 0.1) is 6.61 Å². The van der Waals surface area contributed by atoms with Gasteiger partial charge in [0.1, 0.15) is 0 Å². The van der Waals surface area contributed by atoms with Crippen molar-refractivity contribution >= 4 is 12.0 Å². The van der Waals surface area contributed by atoms with Crippen LogP contribution in [0.4, 0.5) is 0 Å². The fourth-order valence-electron chi connectivity index (χ4n) is 1.71. The second-order valence-electron chi connectivity index (χ2n) is 3.96. The van der Waals surface area contributed by atoms with Crippen molar-refractivity contribution < 1.29 is 9.53 Å². The third kappa shape index (κ3) is 4.00. The average Bonchev–Trinajstić information content (AvgIpc) is 2.41. The van der Waals surface area contributed by atoms with Gasteiger partial charge in [0.2, 0.25) is 0 Å². The van der Waals surface area contributed by atoms with Gasteiger partial charge in [-0.3, -0.25) is 4.79 Å². The molecule has 18 heavy (non-hydrogen) atoms. The molecule has 3 nitrogen and oxygen atoms in total. The van der Waals surface area contributed by atoms with Crippen molar-refractivity contribution in [1.82, 2.24) is 4.90 Å². The Labute approximate surface area is 109 Å². The van der Waals surface area contributed by atoms with Gasteiger partial charge in [0, 0.05) is 25.8 Å². The smallest absolute Gasteiger partial charge is 0.253 e. The molecule has 0 heterocycles. The first-order valence-electron chi connectivity index (χ1n) is 6.27. The molecule has 0 aliphatic heterocycles. The van der Waals surface area contributed by atoms with E-state index in [2.05, 4.69) is 0 Å². The Morgan fingerprint density at radius 1 is 1.22 bits per heavy atom. The van der Waals surface area contributed by atoms with Gasteiger partial charge in [-0.05, 0) is 31.5 Å². The van der Waals surface area contributed by atoms with Gasteiger partial charge in [-0.2, -0.15) is 0 Å². The largest absolute Gasteiger partial charge is 0.381 e. The highest BCUT2D eigenvalue weighted by Gasteiger charge is 2.11. The van der Waals surface area contributed by atoms with Crippen LogP contribution in [0.15, 0.2) is 30.3 Å². The van der Waals surface area contributed by atoms with E-state index in [0.29, 0.717) is 6.61 Å². The SMILES string of the molecule is CCN(CC)C(=O)c1ccc(/C=C/COC)cc1. The summed E-state index contributed by atoms with van der Waals surface area (Å²) in [7, 11) is 1.66. The second-order valence-corrected chi connectivity index (χ2v) is 3.96. The minimum Gasteiger partial charge on any atom is -0.381 e. The van der Waals surface area contributed by atoms with Crippen molar-refractivity contribution in [3.63, 3.8) is 0 Å². The van der Waals surface area contributed by atoms with Crippen molar-refractivity contribution in [2.75, 3.05) is 26.8 Å². The van der Waals surface area contributed by atoms with E-state index in [1.807, 2.05) is 55.2 Å². The number of ether oxygens (including phenoxy) is 1. The lowest BCUT2D eigenvalue weighted by atomic mass is 10.1. The first-order valence-corrected chi connectivity index (χ1v) is 6.27. The highest BCUT2D eigenvalue weighted by Crippen LogP contribution is 2.09. The maximum Gasteiger partial charge on any atom is 0.253 e. The van der Waals surface area contributed by atoms with Crippen molar-refractivity contribution in [1.29, 1.82) is 0 Å². The van der Waals surface area contributed by atoms with Gasteiger partial charge in [-0.15, -0.1) is 0 Å². The van der Waals surface area contributed by atoms with Crippen LogP contribution in [0.3, 0.4) is 0 Å². The molecule has 0 saturated carbocycles. The van der Waals surface area contributed by atoms with Crippen LogP contribution in [-0.4, -0.2) is 37.6 Å². The van der Waals surface area contributed by atoms with Crippen molar-refractivity contribution in [3.05, 3.63) is 41.5 Å². The van der Waals surface area contributed by atoms with Crippen LogP contribution in [0.25, 0.3) is 6.08 Å². The molecule has 0 N–H and O–H groups in total. The molecule has 0 atom stereocenters. The van der Waals surface area contributed by atoms with Gasteiger partial charge in [0.25, 0.3) is 5.91 Å². The maximum absolute atomic E-state index is 12.1. The molecule has 1 aromatic carbocycles. The van der Waals surface area contributed by atoms with Gasteiger partial charge in [-0.1, -0.05) is 24.3 Å². The molecule has 3 heteroatoms. The topological polar surface area (TPSA) is 29.5 Å². The lowest BCUT2D eigenvalue weighted by Crippen LogP contribution is -2.30. The van der Waals surface area contributed by atoms with E-state index in [0.717, 1.165) is 24.2 Å². The molecule has 98 valence electrons. The Kier molecular flexibility index (Phi) is 6.15. The molecule has 1 rings (SSSR count). The molecule has 0 unspecified atom stereocenters. The maximum atomic E-state index is 12.1. The van der Waals surface area contributed by atoms with Gasteiger partial charge in [-0.25, -0.2) is 0 Å². The molecule has 0 saturated heterocycles. The summed E-state index contributed by atoms with van der Waals surface area (Å²) in [4.78, 5) is 13.9.